The lowest BCUT2D eigenvalue weighted by Crippen LogP contribution is -2.31. The summed E-state index contributed by atoms with van der Waals surface area (Å²) in [4.78, 5) is 16.1. The maximum absolute atomic E-state index is 12.2. The molecule has 23 heavy (non-hydrogen) atoms. The largest absolute Gasteiger partial charge is 0.497 e. The van der Waals surface area contributed by atoms with Crippen molar-refractivity contribution in [2.45, 2.75) is 24.8 Å². The van der Waals surface area contributed by atoms with E-state index in [1.165, 1.54) is 36.2 Å². The van der Waals surface area contributed by atoms with E-state index >= 15 is 0 Å². The fourth-order valence-corrected chi connectivity index (χ4v) is 3.03. The number of ether oxygens (including phenoxy) is 1. The molecule has 0 spiro atoms. The highest BCUT2D eigenvalue weighted by Gasteiger charge is 2.14. The van der Waals surface area contributed by atoms with Crippen LogP contribution in [0.4, 0.5) is 0 Å². The highest BCUT2D eigenvalue weighted by atomic mass is 32.2. The first-order valence-corrected chi connectivity index (χ1v) is 8.63. The van der Waals surface area contributed by atoms with E-state index in [1.54, 1.807) is 12.1 Å². The zero-order chi connectivity index (χ0) is 16.9. The number of nitrogens with one attached hydrogen (secondary N) is 1. The predicted octanol–water partition coefficient (Wildman–Crippen LogP) is 0.793. The summed E-state index contributed by atoms with van der Waals surface area (Å²) in [6.07, 6.45) is 2.11. The zero-order valence-corrected chi connectivity index (χ0v) is 13.8. The fraction of sp³-hybridized carbons (Fsp3) is 0.333. The van der Waals surface area contributed by atoms with Crippen LogP contribution < -0.4 is 15.0 Å². The van der Waals surface area contributed by atoms with Crippen molar-refractivity contribution < 1.29 is 13.2 Å². The van der Waals surface area contributed by atoms with Crippen LogP contribution in [0.1, 0.15) is 12.6 Å². The highest BCUT2D eigenvalue weighted by Crippen LogP contribution is 2.16. The van der Waals surface area contributed by atoms with Crippen LogP contribution in [0.5, 0.6) is 5.75 Å². The maximum atomic E-state index is 12.2. The summed E-state index contributed by atoms with van der Waals surface area (Å²) >= 11 is 0. The van der Waals surface area contributed by atoms with Gasteiger partial charge in [0.25, 0.3) is 5.56 Å². The second-order valence-corrected chi connectivity index (χ2v) is 6.61. The number of aromatic nitrogens is 2. The zero-order valence-electron chi connectivity index (χ0n) is 13.0. The maximum Gasteiger partial charge on any atom is 0.253 e. The number of benzene rings is 1. The van der Waals surface area contributed by atoms with Gasteiger partial charge in [-0.05, 0) is 18.6 Å². The molecule has 2 aromatic rings. The molecular formula is C15H19N3O4S. The van der Waals surface area contributed by atoms with Crippen LogP contribution in [-0.4, -0.2) is 31.6 Å². The molecule has 124 valence electrons. The van der Waals surface area contributed by atoms with Gasteiger partial charge in [0.15, 0.2) is 0 Å². The first-order valence-electron chi connectivity index (χ1n) is 7.15. The van der Waals surface area contributed by atoms with Gasteiger partial charge < -0.3 is 4.74 Å². The molecule has 2 rings (SSSR count). The first kappa shape index (κ1) is 17.2. The van der Waals surface area contributed by atoms with Crippen molar-refractivity contribution in [3.05, 3.63) is 52.7 Å². The third-order valence-corrected chi connectivity index (χ3v) is 4.75. The quantitative estimate of drug-likeness (QED) is 0.807. The molecule has 8 heteroatoms. The number of hydrogen-bond acceptors (Lipinski definition) is 5. The van der Waals surface area contributed by atoms with Gasteiger partial charge in [0.05, 0.1) is 18.3 Å². The summed E-state index contributed by atoms with van der Waals surface area (Å²) < 4.78 is 33.3. The number of hydrogen-bond donors (Lipinski definition) is 1. The topological polar surface area (TPSA) is 90.3 Å². The highest BCUT2D eigenvalue weighted by molar-refractivity contribution is 7.89. The van der Waals surface area contributed by atoms with Gasteiger partial charge in [-0.15, -0.1) is 0 Å². The Morgan fingerprint density at radius 2 is 2.09 bits per heavy atom. The SMILES string of the molecule is CCc1cc(=O)n(CCNS(=O)(=O)c2cccc(OC)c2)cn1. The molecule has 1 N–H and O–H groups in total. The number of aryl methyl sites for hydroxylation is 1. The monoisotopic (exact) mass is 337 g/mol. The number of rotatable bonds is 7. The predicted molar refractivity (Wildman–Crippen MR) is 86.1 cm³/mol. The molecule has 0 amide bonds. The van der Waals surface area contributed by atoms with Gasteiger partial charge in [0.2, 0.25) is 10.0 Å². The van der Waals surface area contributed by atoms with Crippen molar-refractivity contribution in [2.75, 3.05) is 13.7 Å². The molecule has 0 radical (unpaired) electrons. The Labute approximate surface area is 135 Å². The summed E-state index contributed by atoms with van der Waals surface area (Å²) in [5, 5.41) is 0. The van der Waals surface area contributed by atoms with Gasteiger partial charge in [-0.25, -0.2) is 18.1 Å². The van der Waals surface area contributed by atoms with Crippen LogP contribution in [-0.2, 0) is 23.0 Å². The van der Waals surface area contributed by atoms with E-state index in [-0.39, 0.29) is 23.5 Å². The second-order valence-electron chi connectivity index (χ2n) is 4.84. The van der Waals surface area contributed by atoms with Gasteiger partial charge in [-0.1, -0.05) is 13.0 Å². The van der Waals surface area contributed by atoms with Crippen LogP contribution in [0.15, 0.2) is 46.3 Å². The average Bonchev–Trinajstić information content (AvgIpc) is 2.56. The van der Waals surface area contributed by atoms with E-state index in [0.717, 1.165) is 0 Å². The standard InChI is InChI=1S/C15H19N3O4S/c1-3-12-9-15(19)18(11-16-12)8-7-17-23(20,21)14-6-4-5-13(10-14)22-2/h4-6,9-11,17H,3,7-8H2,1-2H3. The average molecular weight is 337 g/mol. The Balaban J connectivity index is 2.03. The minimum atomic E-state index is -3.65. The van der Waals surface area contributed by atoms with Gasteiger partial charge in [-0.3, -0.25) is 9.36 Å². The fourth-order valence-electron chi connectivity index (χ4n) is 1.98. The van der Waals surface area contributed by atoms with Crippen molar-refractivity contribution >= 4 is 10.0 Å². The Hall–Kier alpha value is -2.19. The molecule has 0 bridgehead atoms. The molecule has 7 nitrogen and oxygen atoms in total. The van der Waals surface area contributed by atoms with Crippen molar-refractivity contribution in [2.24, 2.45) is 0 Å². The van der Waals surface area contributed by atoms with Crippen LogP contribution in [0.25, 0.3) is 0 Å². The van der Waals surface area contributed by atoms with Gasteiger partial charge in [0.1, 0.15) is 5.75 Å². The Kier molecular flexibility index (Phi) is 5.51. The van der Waals surface area contributed by atoms with Crippen LogP contribution in [0, 0.1) is 0 Å². The normalized spacial score (nSPS) is 11.4. The lowest BCUT2D eigenvalue weighted by Gasteiger charge is -2.09. The second kappa shape index (κ2) is 7.38. The summed E-state index contributed by atoms with van der Waals surface area (Å²) in [5.41, 5.74) is 0.514. The van der Waals surface area contributed by atoms with Crippen LogP contribution >= 0.6 is 0 Å². The first-order chi connectivity index (χ1) is 11.0. The Bertz CT molecular complexity index is 831. The van der Waals surface area contributed by atoms with E-state index < -0.39 is 10.0 Å². The van der Waals surface area contributed by atoms with Gasteiger partial charge in [0, 0.05) is 30.9 Å². The number of nitrogens with zero attached hydrogens (tertiary/aromatic N) is 2. The van der Waals surface area contributed by atoms with E-state index in [9.17, 15) is 13.2 Å². The van der Waals surface area contributed by atoms with Crippen molar-refractivity contribution in [1.82, 2.24) is 14.3 Å². The lowest BCUT2D eigenvalue weighted by atomic mass is 10.3. The Morgan fingerprint density at radius 1 is 1.30 bits per heavy atom. The van der Waals surface area contributed by atoms with Crippen molar-refractivity contribution in [3.8, 4) is 5.75 Å². The number of sulfonamides is 1. The third kappa shape index (κ3) is 4.40. The summed E-state index contributed by atoms with van der Waals surface area (Å²) in [7, 11) is -2.18. The molecular weight excluding hydrogens is 318 g/mol. The number of methoxy groups -OCH3 is 1. The molecule has 0 saturated carbocycles. The van der Waals surface area contributed by atoms with E-state index in [0.29, 0.717) is 17.9 Å². The molecule has 1 aromatic carbocycles. The summed E-state index contributed by atoms with van der Waals surface area (Å²) in [5.74, 6) is 0.462. The van der Waals surface area contributed by atoms with E-state index in [1.807, 2.05) is 6.92 Å². The van der Waals surface area contributed by atoms with E-state index in [4.69, 9.17) is 4.74 Å². The molecule has 1 aromatic heterocycles. The molecule has 0 unspecified atom stereocenters. The van der Waals surface area contributed by atoms with Crippen molar-refractivity contribution in [1.29, 1.82) is 0 Å². The molecule has 0 saturated heterocycles. The Morgan fingerprint density at radius 3 is 2.74 bits per heavy atom. The smallest absolute Gasteiger partial charge is 0.253 e. The van der Waals surface area contributed by atoms with Gasteiger partial charge in [-0.2, -0.15) is 0 Å². The molecule has 0 atom stereocenters. The van der Waals surface area contributed by atoms with Gasteiger partial charge >= 0.3 is 0 Å². The lowest BCUT2D eigenvalue weighted by molar-refractivity contribution is 0.413. The minimum Gasteiger partial charge on any atom is -0.497 e. The van der Waals surface area contributed by atoms with E-state index in [2.05, 4.69) is 9.71 Å². The molecule has 0 aliphatic rings. The minimum absolute atomic E-state index is 0.0899. The van der Waals surface area contributed by atoms with Crippen molar-refractivity contribution in [3.63, 3.8) is 0 Å². The molecule has 1 heterocycles. The van der Waals surface area contributed by atoms with Crippen LogP contribution in [0.2, 0.25) is 0 Å². The summed E-state index contributed by atoms with van der Waals surface area (Å²) in [6.45, 7) is 2.21. The molecule has 0 aliphatic carbocycles. The molecule has 0 fully saturated rings. The van der Waals surface area contributed by atoms with Crippen LogP contribution in [0.3, 0.4) is 0 Å². The third-order valence-electron chi connectivity index (χ3n) is 3.29. The summed E-state index contributed by atoms with van der Waals surface area (Å²) in [6, 6.07) is 7.64. The molecule has 0 aliphatic heterocycles.